The molecule has 1 aromatic rings. The fourth-order valence-corrected chi connectivity index (χ4v) is 3.32. The van der Waals surface area contributed by atoms with Crippen LogP contribution in [0, 0.1) is 11.8 Å². The number of nitrogens with one attached hydrogen (secondary N) is 1. The minimum atomic E-state index is -0.816. The van der Waals surface area contributed by atoms with Crippen molar-refractivity contribution >= 4 is 17.7 Å². The first-order valence-electron chi connectivity index (χ1n) is 9.19. The molecule has 0 aromatic heterocycles. The average molecular weight is 377 g/mol. The lowest BCUT2D eigenvalue weighted by molar-refractivity contribution is -0.137. The van der Waals surface area contributed by atoms with E-state index >= 15 is 0 Å². The molecule has 1 aliphatic rings. The van der Waals surface area contributed by atoms with Gasteiger partial charge in [-0.15, -0.1) is 0 Å². The second-order valence-corrected chi connectivity index (χ2v) is 6.78. The summed E-state index contributed by atoms with van der Waals surface area (Å²) in [5.74, 6) is -1.37. The third-order valence-electron chi connectivity index (χ3n) is 4.78. The Morgan fingerprint density at radius 2 is 1.81 bits per heavy atom. The summed E-state index contributed by atoms with van der Waals surface area (Å²) in [4.78, 5) is 22.4. The molecule has 148 valence electrons. The summed E-state index contributed by atoms with van der Waals surface area (Å²) in [7, 11) is 0. The first-order chi connectivity index (χ1) is 13.0. The van der Waals surface area contributed by atoms with E-state index in [-0.39, 0.29) is 31.3 Å². The van der Waals surface area contributed by atoms with Crippen LogP contribution in [-0.4, -0.2) is 46.2 Å². The van der Waals surface area contributed by atoms with Crippen molar-refractivity contribution < 1.29 is 29.6 Å². The molecule has 0 bridgehead atoms. The molecule has 7 heteroatoms. The number of carbonyl (C=O) groups excluding carboxylic acids is 1. The average Bonchev–Trinajstić information content (AvgIpc) is 2.89. The minimum absolute atomic E-state index is 0.0222. The fourth-order valence-electron chi connectivity index (χ4n) is 3.32. The summed E-state index contributed by atoms with van der Waals surface area (Å²) in [5, 5.41) is 31.6. The van der Waals surface area contributed by atoms with Crippen LogP contribution in [0.1, 0.15) is 32.1 Å². The molecule has 1 aliphatic carbocycles. The number of hydrogen-bond donors (Lipinski definition) is 4. The first kappa shape index (κ1) is 20.9. The standard InChI is InChI=1S/C20H27NO6/c22-17-12-18(23)16(15(17)10-6-1-2-7-11-19(24)25)13-27-20(26)21-14-8-4-3-5-9-14/h1,3-6,8-9,15-18,22-23H,2,7,10-13H2,(H,21,26)(H,24,25)/t15-,16-,17?,18?/m1/s1. The Kier molecular flexibility index (Phi) is 8.29. The van der Waals surface area contributed by atoms with Crippen molar-refractivity contribution in [2.45, 2.75) is 44.3 Å². The maximum Gasteiger partial charge on any atom is 0.411 e. The minimum Gasteiger partial charge on any atom is -0.481 e. The lowest BCUT2D eigenvalue weighted by atomic mass is 9.91. The molecule has 7 nitrogen and oxygen atoms in total. The molecule has 0 radical (unpaired) electrons. The molecule has 2 rings (SSSR count). The van der Waals surface area contributed by atoms with Gasteiger partial charge in [-0.3, -0.25) is 10.1 Å². The molecular weight excluding hydrogens is 350 g/mol. The van der Waals surface area contributed by atoms with Gasteiger partial charge in [-0.05, 0) is 43.7 Å². The molecule has 0 heterocycles. The molecular formula is C20H27NO6. The highest BCUT2D eigenvalue weighted by molar-refractivity contribution is 5.84. The lowest BCUT2D eigenvalue weighted by Gasteiger charge is -2.22. The quantitative estimate of drug-likeness (QED) is 0.388. The molecule has 1 fully saturated rings. The van der Waals surface area contributed by atoms with E-state index in [4.69, 9.17) is 9.84 Å². The summed E-state index contributed by atoms with van der Waals surface area (Å²) in [6.45, 7) is 0.0222. The van der Waals surface area contributed by atoms with E-state index < -0.39 is 24.3 Å². The lowest BCUT2D eigenvalue weighted by Crippen LogP contribution is -2.28. The van der Waals surface area contributed by atoms with Gasteiger partial charge in [0.2, 0.25) is 0 Å². The van der Waals surface area contributed by atoms with Crippen molar-refractivity contribution in [2.24, 2.45) is 11.8 Å². The van der Waals surface area contributed by atoms with Crippen molar-refractivity contribution in [3.8, 4) is 0 Å². The number of carboxylic acid groups (broad SMARTS) is 1. The van der Waals surface area contributed by atoms with Gasteiger partial charge in [0.15, 0.2) is 0 Å². The topological polar surface area (TPSA) is 116 Å². The van der Waals surface area contributed by atoms with E-state index in [1.54, 1.807) is 24.3 Å². The van der Waals surface area contributed by atoms with Gasteiger partial charge in [-0.1, -0.05) is 30.4 Å². The normalized spacial score (nSPS) is 24.8. The predicted octanol–water partition coefficient (Wildman–Crippen LogP) is 2.79. The van der Waals surface area contributed by atoms with E-state index in [2.05, 4.69) is 5.32 Å². The molecule has 0 aliphatic heterocycles. The number of allylic oxidation sites excluding steroid dienone is 2. The van der Waals surface area contributed by atoms with Gasteiger partial charge in [-0.2, -0.15) is 0 Å². The van der Waals surface area contributed by atoms with Gasteiger partial charge in [0.25, 0.3) is 0 Å². The summed E-state index contributed by atoms with van der Waals surface area (Å²) >= 11 is 0. The van der Waals surface area contributed by atoms with E-state index in [1.807, 2.05) is 18.2 Å². The van der Waals surface area contributed by atoms with Gasteiger partial charge < -0.3 is 20.1 Å². The SMILES string of the molecule is O=C(O)CCCC=CC[C@H]1C(O)CC(O)[C@@H]1COC(=O)Nc1ccccc1. The van der Waals surface area contributed by atoms with Crippen LogP contribution in [0.2, 0.25) is 0 Å². The van der Waals surface area contributed by atoms with Gasteiger partial charge in [0, 0.05) is 18.0 Å². The molecule has 0 saturated heterocycles. The van der Waals surface area contributed by atoms with E-state index in [0.29, 0.717) is 24.9 Å². The summed E-state index contributed by atoms with van der Waals surface area (Å²) in [6.07, 6.45) is 3.94. The Morgan fingerprint density at radius 3 is 2.52 bits per heavy atom. The fraction of sp³-hybridized carbons (Fsp3) is 0.500. The molecule has 1 amide bonds. The second kappa shape index (κ2) is 10.7. The van der Waals surface area contributed by atoms with Gasteiger partial charge in [0.1, 0.15) is 0 Å². The number of aliphatic carboxylic acids is 1. The monoisotopic (exact) mass is 377 g/mol. The van der Waals surface area contributed by atoms with Gasteiger partial charge in [-0.25, -0.2) is 4.79 Å². The van der Waals surface area contributed by atoms with Crippen LogP contribution in [0.25, 0.3) is 0 Å². The van der Waals surface area contributed by atoms with Crippen LogP contribution in [-0.2, 0) is 9.53 Å². The third kappa shape index (κ3) is 7.03. The smallest absolute Gasteiger partial charge is 0.411 e. The van der Waals surface area contributed by atoms with Crippen molar-refractivity contribution in [3.63, 3.8) is 0 Å². The zero-order chi connectivity index (χ0) is 19.6. The number of carbonyl (C=O) groups is 2. The largest absolute Gasteiger partial charge is 0.481 e. The number of hydrogen-bond acceptors (Lipinski definition) is 5. The van der Waals surface area contributed by atoms with E-state index in [0.717, 1.165) is 0 Å². The number of aliphatic hydroxyl groups is 2. The van der Waals surface area contributed by atoms with Crippen molar-refractivity contribution in [2.75, 3.05) is 11.9 Å². The van der Waals surface area contributed by atoms with Crippen molar-refractivity contribution in [1.29, 1.82) is 0 Å². The highest BCUT2D eigenvalue weighted by atomic mass is 16.5. The van der Waals surface area contributed by atoms with Crippen LogP contribution >= 0.6 is 0 Å². The number of ether oxygens (including phenoxy) is 1. The Labute approximate surface area is 158 Å². The van der Waals surface area contributed by atoms with Crippen LogP contribution in [0.5, 0.6) is 0 Å². The Hall–Kier alpha value is -2.38. The summed E-state index contributed by atoms with van der Waals surface area (Å²) in [5.41, 5.74) is 0.621. The molecule has 2 unspecified atom stereocenters. The molecule has 27 heavy (non-hydrogen) atoms. The highest BCUT2D eigenvalue weighted by Crippen LogP contribution is 2.35. The Bertz CT molecular complexity index is 633. The first-order valence-corrected chi connectivity index (χ1v) is 9.19. The molecule has 1 saturated carbocycles. The Morgan fingerprint density at radius 1 is 1.11 bits per heavy atom. The highest BCUT2D eigenvalue weighted by Gasteiger charge is 2.41. The van der Waals surface area contributed by atoms with Gasteiger partial charge >= 0.3 is 12.1 Å². The third-order valence-corrected chi connectivity index (χ3v) is 4.78. The second-order valence-electron chi connectivity index (χ2n) is 6.78. The van der Waals surface area contributed by atoms with Crippen LogP contribution in [0.15, 0.2) is 42.5 Å². The Balaban J connectivity index is 1.79. The molecule has 4 atom stereocenters. The number of unbranched alkanes of at least 4 members (excludes halogenated alkanes) is 1. The van der Waals surface area contributed by atoms with Crippen LogP contribution in [0.4, 0.5) is 10.5 Å². The van der Waals surface area contributed by atoms with Crippen molar-refractivity contribution in [1.82, 2.24) is 0 Å². The molecule has 4 N–H and O–H groups in total. The van der Waals surface area contributed by atoms with Gasteiger partial charge in [0.05, 0.1) is 18.8 Å². The summed E-state index contributed by atoms with van der Waals surface area (Å²) < 4.78 is 5.24. The van der Waals surface area contributed by atoms with Crippen molar-refractivity contribution in [3.05, 3.63) is 42.5 Å². The maximum absolute atomic E-state index is 11.9. The number of amides is 1. The number of carboxylic acids is 1. The number of anilines is 1. The molecule has 1 aromatic carbocycles. The zero-order valence-corrected chi connectivity index (χ0v) is 15.2. The van der Waals surface area contributed by atoms with E-state index in [9.17, 15) is 19.8 Å². The van der Waals surface area contributed by atoms with Crippen LogP contribution < -0.4 is 5.32 Å². The molecule has 0 spiro atoms. The van der Waals surface area contributed by atoms with Crippen LogP contribution in [0.3, 0.4) is 0 Å². The number of para-hydroxylation sites is 1. The predicted molar refractivity (Wildman–Crippen MR) is 100 cm³/mol. The zero-order valence-electron chi connectivity index (χ0n) is 15.2. The summed E-state index contributed by atoms with van der Waals surface area (Å²) in [6, 6.07) is 8.92. The number of rotatable bonds is 9. The number of benzene rings is 1. The number of aliphatic hydroxyl groups excluding tert-OH is 2. The van der Waals surface area contributed by atoms with E-state index in [1.165, 1.54) is 0 Å². The maximum atomic E-state index is 11.9.